The molecule has 2 N–H and O–H groups in total. The Balaban J connectivity index is 1.47. The fourth-order valence-electron chi connectivity index (χ4n) is 5.85. The van der Waals surface area contributed by atoms with Gasteiger partial charge in [-0.1, -0.05) is 161 Å². The van der Waals surface area contributed by atoms with Crippen LogP contribution in [0.5, 0.6) is 0 Å². The third-order valence-corrected chi connectivity index (χ3v) is 15.1. The first-order valence-corrected chi connectivity index (χ1v) is 25.2. The summed E-state index contributed by atoms with van der Waals surface area (Å²) in [6.07, 6.45) is 0. The molecule has 0 spiro atoms. The van der Waals surface area contributed by atoms with Crippen LogP contribution in [0.15, 0.2) is 141 Å². The maximum atomic E-state index is 7.03. The lowest BCUT2D eigenvalue weighted by molar-refractivity contribution is 0.563. The van der Waals surface area contributed by atoms with Gasteiger partial charge < -0.3 is 14.1 Å². The van der Waals surface area contributed by atoms with E-state index in [-0.39, 0.29) is 0 Å². The van der Waals surface area contributed by atoms with Crippen LogP contribution in [0.25, 0.3) is 11.4 Å². The topological polar surface area (TPSA) is 58.0 Å². The lowest BCUT2D eigenvalue weighted by Gasteiger charge is -2.35. The summed E-state index contributed by atoms with van der Waals surface area (Å²) in [4.78, 5) is 7.68. The van der Waals surface area contributed by atoms with Gasteiger partial charge in [0.05, 0.1) is 27.6 Å². The van der Waals surface area contributed by atoms with Gasteiger partial charge in [0.15, 0.2) is 0 Å². The fraction of sp³-hybridized carbons (Fsp3) is 0.167. The predicted octanol–water partition coefficient (Wildman–Crippen LogP) is 7.74. The van der Waals surface area contributed by atoms with Crippen LogP contribution in [0.3, 0.4) is 0 Å². The van der Waals surface area contributed by atoms with Gasteiger partial charge in [0, 0.05) is 11.4 Å². The first kappa shape index (κ1) is 31.1. The third kappa shape index (κ3) is 6.87. The van der Waals surface area contributed by atoms with Crippen molar-refractivity contribution >= 4 is 57.7 Å². The molecule has 45 heavy (non-hydrogen) atoms. The Kier molecular flexibility index (Phi) is 8.89. The number of benzene rings is 4. The van der Waals surface area contributed by atoms with Gasteiger partial charge in [-0.05, 0) is 32.6 Å². The Bertz CT molecular complexity index is 1640. The minimum atomic E-state index is -1.92. The van der Waals surface area contributed by atoms with Crippen molar-refractivity contribution in [1.82, 2.24) is 9.96 Å². The fourth-order valence-corrected chi connectivity index (χ4v) is 13.5. The molecule has 2 aliphatic heterocycles. The molecule has 0 fully saturated rings. The average Bonchev–Trinajstić information content (AvgIpc) is 3.04. The standard InChI is InChI=1S/C36H40N4OSi4/c1-44(2,3)35-31(27-19-11-7-12-20-27)37-42(38-32(35)28-21-13-8-14-22-28)41-43-39-33(29-23-15-9-16-24-29)36(45(4,5)6)34(40-43)30-25-17-10-18-26-30/h7-26,37,39H,1-6H3. The first-order chi connectivity index (χ1) is 21.6. The molecule has 0 unspecified atom stereocenters. The predicted molar refractivity (Wildman–Crippen MR) is 198 cm³/mol. The Morgan fingerprint density at radius 3 is 1.02 bits per heavy atom. The average molecular weight is 657 g/mol. The van der Waals surface area contributed by atoms with Gasteiger partial charge >= 0.3 is 18.7 Å². The molecule has 0 aliphatic carbocycles. The SMILES string of the molecule is C[Si](C)(C)C1=C(c2ccccc2)N[Si](O[Si]2N=C(c3ccccc3)C([Si](C)(C)C)=C(c3ccccc3)N2)N=C1c1ccccc1. The van der Waals surface area contributed by atoms with Gasteiger partial charge in [0.2, 0.25) is 0 Å². The molecule has 2 aliphatic rings. The molecular weight excluding hydrogens is 617 g/mol. The quantitative estimate of drug-likeness (QED) is 0.191. The zero-order valence-electron chi connectivity index (χ0n) is 26.8. The van der Waals surface area contributed by atoms with Crippen molar-refractivity contribution < 1.29 is 4.12 Å². The summed E-state index contributed by atoms with van der Waals surface area (Å²) in [5.74, 6) is 0. The number of rotatable bonds is 8. The van der Waals surface area contributed by atoms with Gasteiger partial charge in [-0.2, -0.15) is 0 Å². The van der Waals surface area contributed by atoms with Gasteiger partial charge in [-0.3, -0.25) is 9.32 Å². The van der Waals surface area contributed by atoms with E-state index >= 15 is 0 Å². The second kappa shape index (κ2) is 12.9. The van der Waals surface area contributed by atoms with Crippen LogP contribution in [0, 0.1) is 0 Å². The van der Waals surface area contributed by atoms with E-state index < -0.39 is 34.9 Å². The lowest BCUT2D eigenvalue weighted by Crippen LogP contribution is -2.52. The minimum absolute atomic E-state index is 1.05. The molecule has 5 nitrogen and oxygen atoms in total. The van der Waals surface area contributed by atoms with Gasteiger partial charge in [0.1, 0.15) is 0 Å². The van der Waals surface area contributed by atoms with Crippen LogP contribution < -0.4 is 9.96 Å². The summed E-state index contributed by atoms with van der Waals surface area (Å²) in [7, 11) is -7.57. The Hall–Kier alpha value is -3.87. The van der Waals surface area contributed by atoms with Crippen molar-refractivity contribution in [2.24, 2.45) is 9.32 Å². The van der Waals surface area contributed by atoms with E-state index in [1.165, 1.54) is 10.4 Å². The highest BCUT2D eigenvalue weighted by molar-refractivity contribution is 6.91. The van der Waals surface area contributed by atoms with E-state index in [4.69, 9.17) is 13.4 Å². The molecule has 0 saturated heterocycles. The summed E-state index contributed by atoms with van der Waals surface area (Å²) in [5, 5.41) is 2.65. The monoisotopic (exact) mass is 656 g/mol. The molecule has 2 radical (unpaired) electrons. The molecule has 4 aromatic rings. The van der Waals surface area contributed by atoms with E-state index in [0.717, 1.165) is 45.1 Å². The number of nitrogens with zero attached hydrogens (tertiary/aromatic N) is 2. The molecule has 2 heterocycles. The number of hydrogen-bond donors (Lipinski definition) is 2. The molecule has 9 heteroatoms. The smallest absolute Gasteiger partial charge is 0.386 e. The molecule has 6 rings (SSSR count). The van der Waals surface area contributed by atoms with Gasteiger partial charge in [-0.15, -0.1) is 0 Å². The summed E-state index contributed by atoms with van der Waals surface area (Å²) >= 11 is 0. The van der Waals surface area contributed by atoms with Gasteiger partial charge in [0.25, 0.3) is 0 Å². The summed E-state index contributed by atoms with van der Waals surface area (Å²) in [6.45, 7) is 14.4. The summed E-state index contributed by atoms with van der Waals surface area (Å²) < 4.78 is 17.8. The molecular formula is C36H40N4OSi4. The maximum Gasteiger partial charge on any atom is 0.490 e. The lowest BCUT2D eigenvalue weighted by atomic mass is 10.1. The third-order valence-electron chi connectivity index (χ3n) is 7.78. The van der Waals surface area contributed by atoms with Crippen LogP contribution in [-0.4, -0.2) is 46.3 Å². The Labute approximate surface area is 273 Å². The van der Waals surface area contributed by atoms with Crippen LogP contribution in [0.4, 0.5) is 0 Å². The Morgan fingerprint density at radius 1 is 0.444 bits per heavy atom. The van der Waals surface area contributed by atoms with E-state index in [1.54, 1.807) is 0 Å². The normalized spacial score (nSPS) is 16.6. The van der Waals surface area contributed by atoms with E-state index in [0.29, 0.717) is 0 Å². The largest absolute Gasteiger partial charge is 0.490 e. The van der Waals surface area contributed by atoms with Crippen molar-refractivity contribution in [3.05, 3.63) is 154 Å². The number of nitrogens with one attached hydrogen (secondary N) is 2. The highest BCUT2D eigenvalue weighted by Gasteiger charge is 2.40. The Morgan fingerprint density at radius 2 is 0.733 bits per heavy atom. The molecule has 226 valence electrons. The maximum absolute atomic E-state index is 7.03. The van der Waals surface area contributed by atoms with Crippen molar-refractivity contribution in [2.45, 2.75) is 39.3 Å². The zero-order chi connectivity index (χ0) is 31.6. The summed E-state index contributed by atoms with van der Waals surface area (Å²) in [5.41, 5.74) is 8.97. The molecule has 0 bridgehead atoms. The molecule has 0 aromatic heterocycles. The minimum Gasteiger partial charge on any atom is -0.386 e. The van der Waals surface area contributed by atoms with Crippen molar-refractivity contribution in [2.75, 3.05) is 0 Å². The molecule has 0 saturated carbocycles. The number of allylic oxidation sites excluding steroid dienone is 2. The van der Waals surface area contributed by atoms with Gasteiger partial charge in [-0.25, -0.2) is 0 Å². The highest BCUT2D eigenvalue weighted by Crippen LogP contribution is 2.33. The molecule has 0 amide bonds. The van der Waals surface area contributed by atoms with Crippen LogP contribution >= 0.6 is 0 Å². The van der Waals surface area contributed by atoms with Crippen LogP contribution in [-0.2, 0) is 4.12 Å². The zero-order valence-corrected chi connectivity index (χ0v) is 30.8. The van der Waals surface area contributed by atoms with Crippen molar-refractivity contribution in [3.63, 3.8) is 0 Å². The second-order valence-corrected chi connectivity index (χ2v) is 26.3. The van der Waals surface area contributed by atoms with Crippen molar-refractivity contribution in [1.29, 1.82) is 0 Å². The van der Waals surface area contributed by atoms with E-state index in [9.17, 15) is 0 Å². The molecule has 0 atom stereocenters. The first-order valence-electron chi connectivity index (χ1n) is 15.4. The van der Waals surface area contributed by atoms with Crippen LogP contribution in [0.1, 0.15) is 22.3 Å². The molecule has 4 aromatic carbocycles. The van der Waals surface area contributed by atoms with E-state index in [2.05, 4.69) is 171 Å². The highest BCUT2D eigenvalue weighted by atomic mass is 28.4. The summed E-state index contributed by atoms with van der Waals surface area (Å²) in [6, 6.07) is 42.5. The number of hydrogen-bond acceptors (Lipinski definition) is 5. The second-order valence-electron chi connectivity index (χ2n) is 13.3. The van der Waals surface area contributed by atoms with Crippen molar-refractivity contribution in [3.8, 4) is 0 Å². The van der Waals surface area contributed by atoms with Crippen LogP contribution in [0.2, 0.25) is 39.3 Å². The van der Waals surface area contributed by atoms with E-state index in [1.807, 2.05) is 0 Å².